The molecule has 4 rings (SSSR count). The number of nitrogens with zero attached hydrogens (tertiary/aromatic N) is 2. The van der Waals surface area contributed by atoms with Crippen molar-refractivity contribution >= 4 is 34.6 Å². The Morgan fingerprint density at radius 3 is 2.03 bits per heavy atom. The summed E-state index contributed by atoms with van der Waals surface area (Å²) in [5.74, 6) is -0.291. The van der Waals surface area contributed by atoms with Crippen molar-refractivity contribution in [1.29, 1.82) is 0 Å². The van der Waals surface area contributed by atoms with E-state index in [0.717, 1.165) is 22.6 Å². The third kappa shape index (κ3) is 4.62. The molecule has 7 nitrogen and oxygen atoms in total. The van der Waals surface area contributed by atoms with Gasteiger partial charge in [-0.2, -0.15) is 0 Å². The zero-order valence-corrected chi connectivity index (χ0v) is 16.9. The van der Waals surface area contributed by atoms with Gasteiger partial charge in [-0.15, -0.1) is 0 Å². The van der Waals surface area contributed by atoms with E-state index in [9.17, 15) is 9.59 Å². The molecule has 31 heavy (non-hydrogen) atoms. The Balaban J connectivity index is 1.39. The quantitative estimate of drug-likeness (QED) is 0.400. The summed E-state index contributed by atoms with van der Waals surface area (Å²) >= 11 is 0. The summed E-state index contributed by atoms with van der Waals surface area (Å²) in [5.41, 5.74) is 5.73. The molecule has 154 valence electrons. The zero-order chi connectivity index (χ0) is 21.8. The number of hydrogen-bond acceptors (Lipinski definition) is 3. The van der Waals surface area contributed by atoms with Gasteiger partial charge in [-0.05, 0) is 61.5 Å². The van der Waals surface area contributed by atoms with Crippen molar-refractivity contribution in [2.45, 2.75) is 6.92 Å². The van der Waals surface area contributed by atoms with Crippen molar-refractivity contribution in [3.05, 3.63) is 91.3 Å². The molecule has 3 amide bonds. The minimum absolute atomic E-state index is 0.291. The van der Waals surface area contributed by atoms with Gasteiger partial charge in [0.1, 0.15) is 5.65 Å². The Kier molecular flexibility index (Phi) is 5.49. The third-order valence-electron chi connectivity index (χ3n) is 4.73. The second-order valence-corrected chi connectivity index (χ2v) is 6.95. The molecule has 0 spiro atoms. The first-order chi connectivity index (χ1) is 15.0. The molecule has 0 bridgehead atoms. The number of amides is 3. The molecule has 0 aliphatic carbocycles. The maximum atomic E-state index is 12.3. The molecule has 2 aromatic heterocycles. The number of hydrogen-bond donors (Lipinski definition) is 3. The number of urea groups is 1. The molecule has 0 unspecified atom stereocenters. The van der Waals surface area contributed by atoms with Gasteiger partial charge in [0.25, 0.3) is 0 Å². The van der Waals surface area contributed by atoms with Gasteiger partial charge in [0.2, 0.25) is 5.91 Å². The number of anilines is 3. The monoisotopic (exact) mass is 411 g/mol. The maximum Gasteiger partial charge on any atom is 0.323 e. The van der Waals surface area contributed by atoms with Crippen LogP contribution in [0.1, 0.15) is 5.69 Å². The lowest BCUT2D eigenvalue weighted by Crippen LogP contribution is -2.19. The minimum Gasteiger partial charge on any atom is -0.323 e. The second-order valence-electron chi connectivity index (χ2n) is 6.95. The highest BCUT2D eigenvalue weighted by Crippen LogP contribution is 2.22. The first kappa shape index (κ1) is 19.9. The molecule has 7 heteroatoms. The number of rotatable bonds is 5. The Bertz CT molecular complexity index is 1260. The van der Waals surface area contributed by atoms with Crippen LogP contribution in [0.15, 0.2) is 85.6 Å². The van der Waals surface area contributed by atoms with Crippen LogP contribution in [-0.2, 0) is 4.79 Å². The Morgan fingerprint density at radius 2 is 1.45 bits per heavy atom. The maximum absolute atomic E-state index is 12.3. The fraction of sp³-hybridized carbons (Fsp3) is 0.0417. The lowest BCUT2D eigenvalue weighted by atomic mass is 10.1. The smallest absolute Gasteiger partial charge is 0.323 e. The van der Waals surface area contributed by atoms with Gasteiger partial charge in [-0.3, -0.25) is 4.79 Å². The fourth-order valence-corrected chi connectivity index (χ4v) is 3.14. The molecule has 0 saturated heterocycles. The number of carbonyl (C=O) groups excluding carboxylic acids is 2. The average Bonchev–Trinajstić information content (AvgIpc) is 3.21. The number of fused-ring (bicyclic) bond motifs is 1. The van der Waals surface area contributed by atoms with Gasteiger partial charge in [-0.1, -0.05) is 24.8 Å². The first-order valence-electron chi connectivity index (χ1n) is 9.68. The van der Waals surface area contributed by atoms with Crippen molar-refractivity contribution in [1.82, 2.24) is 9.38 Å². The third-order valence-corrected chi connectivity index (χ3v) is 4.73. The molecule has 0 saturated carbocycles. The van der Waals surface area contributed by atoms with E-state index < -0.39 is 0 Å². The normalized spacial score (nSPS) is 10.5. The standard InChI is InChI=1S/C24H21N5O2/c1-3-23(30)25-18-11-13-20(14-12-18)27-24(31)26-19-9-7-17(8-10-19)21-15-29-16(2)5-4-6-22(29)28-21/h3-15H,1H2,2H3,(H,25,30)(H2,26,27,31). The van der Waals surface area contributed by atoms with E-state index in [1.54, 1.807) is 24.3 Å². The van der Waals surface area contributed by atoms with Crippen molar-refractivity contribution in [2.75, 3.05) is 16.0 Å². The molecule has 0 fully saturated rings. The van der Waals surface area contributed by atoms with Gasteiger partial charge in [0, 0.05) is 34.5 Å². The van der Waals surface area contributed by atoms with E-state index in [1.165, 1.54) is 6.08 Å². The van der Waals surface area contributed by atoms with E-state index in [1.807, 2.05) is 60.0 Å². The summed E-state index contributed by atoms with van der Waals surface area (Å²) in [6.07, 6.45) is 3.20. The van der Waals surface area contributed by atoms with Crippen molar-refractivity contribution in [2.24, 2.45) is 0 Å². The summed E-state index contributed by atoms with van der Waals surface area (Å²) in [6.45, 7) is 5.44. The summed E-state index contributed by atoms with van der Waals surface area (Å²) < 4.78 is 2.04. The Hall–Kier alpha value is -4.39. The number of carbonyl (C=O) groups is 2. The van der Waals surface area contributed by atoms with Crippen LogP contribution < -0.4 is 16.0 Å². The summed E-state index contributed by atoms with van der Waals surface area (Å²) in [5, 5.41) is 8.21. The number of imidazole rings is 1. The Labute approximate surface area is 179 Å². The lowest BCUT2D eigenvalue weighted by Gasteiger charge is -2.09. The zero-order valence-electron chi connectivity index (χ0n) is 16.9. The van der Waals surface area contributed by atoms with Crippen LogP contribution in [0.5, 0.6) is 0 Å². The molecule has 2 heterocycles. The molecule has 0 radical (unpaired) electrons. The first-order valence-corrected chi connectivity index (χ1v) is 9.68. The van der Waals surface area contributed by atoms with Crippen LogP contribution in [0, 0.1) is 6.92 Å². The highest BCUT2D eigenvalue weighted by molar-refractivity contribution is 6.01. The van der Waals surface area contributed by atoms with Crippen LogP contribution in [0.4, 0.5) is 21.9 Å². The number of aryl methyl sites for hydroxylation is 1. The van der Waals surface area contributed by atoms with Gasteiger partial charge < -0.3 is 20.4 Å². The van der Waals surface area contributed by atoms with Crippen LogP contribution in [0.3, 0.4) is 0 Å². The number of pyridine rings is 1. The number of aromatic nitrogens is 2. The van der Waals surface area contributed by atoms with Crippen molar-refractivity contribution < 1.29 is 9.59 Å². The topological polar surface area (TPSA) is 87.5 Å². The molecule has 4 aromatic rings. The van der Waals surface area contributed by atoms with Crippen molar-refractivity contribution in [3.63, 3.8) is 0 Å². The molecule has 0 atom stereocenters. The SMILES string of the molecule is C=CC(=O)Nc1ccc(NC(=O)Nc2ccc(-c3cn4c(C)cccc4n3)cc2)cc1. The molecule has 0 aliphatic heterocycles. The summed E-state index contributed by atoms with van der Waals surface area (Å²) in [6, 6.07) is 19.9. The van der Waals surface area contributed by atoms with Crippen molar-refractivity contribution in [3.8, 4) is 11.3 Å². The van der Waals surface area contributed by atoms with Gasteiger partial charge >= 0.3 is 6.03 Å². The predicted octanol–water partition coefficient (Wildman–Crippen LogP) is 5.08. The van der Waals surface area contributed by atoms with Crippen LogP contribution in [0.2, 0.25) is 0 Å². The van der Waals surface area contributed by atoms with Crippen LogP contribution in [0.25, 0.3) is 16.9 Å². The van der Waals surface area contributed by atoms with Gasteiger partial charge in [0.05, 0.1) is 5.69 Å². The molecule has 3 N–H and O–H groups in total. The summed E-state index contributed by atoms with van der Waals surface area (Å²) in [4.78, 5) is 28.2. The predicted molar refractivity (Wildman–Crippen MR) is 123 cm³/mol. The van der Waals surface area contributed by atoms with Crippen LogP contribution >= 0.6 is 0 Å². The number of benzene rings is 2. The summed E-state index contributed by atoms with van der Waals surface area (Å²) in [7, 11) is 0. The lowest BCUT2D eigenvalue weighted by molar-refractivity contribution is -0.111. The van der Waals surface area contributed by atoms with E-state index in [0.29, 0.717) is 17.1 Å². The Morgan fingerprint density at radius 1 is 0.871 bits per heavy atom. The molecular weight excluding hydrogens is 390 g/mol. The minimum atomic E-state index is -0.362. The fourth-order valence-electron chi connectivity index (χ4n) is 3.14. The van der Waals surface area contributed by atoms with Gasteiger partial charge in [-0.25, -0.2) is 9.78 Å². The van der Waals surface area contributed by atoms with E-state index in [4.69, 9.17) is 0 Å². The average molecular weight is 411 g/mol. The molecular formula is C24H21N5O2. The van der Waals surface area contributed by atoms with E-state index >= 15 is 0 Å². The molecule has 0 aliphatic rings. The highest BCUT2D eigenvalue weighted by atomic mass is 16.2. The van der Waals surface area contributed by atoms with Gasteiger partial charge in [0.15, 0.2) is 0 Å². The van der Waals surface area contributed by atoms with E-state index in [2.05, 4.69) is 27.5 Å². The van der Waals surface area contributed by atoms with E-state index in [-0.39, 0.29) is 11.9 Å². The number of nitrogens with one attached hydrogen (secondary N) is 3. The highest BCUT2D eigenvalue weighted by Gasteiger charge is 2.07. The molecule has 2 aromatic carbocycles. The largest absolute Gasteiger partial charge is 0.323 e. The second kappa shape index (κ2) is 8.54. The van der Waals surface area contributed by atoms with Crippen LogP contribution in [-0.4, -0.2) is 21.3 Å².